The molecule has 0 unspecified atom stereocenters. The van der Waals surface area contributed by atoms with Crippen molar-refractivity contribution in [1.82, 2.24) is 4.57 Å². The van der Waals surface area contributed by atoms with Gasteiger partial charge in [-0.25, -0.2) is 18.0 Å². The minimum atomic E-state index is -0.908. The maximum atomic E-state index is 14.2. The van der Waals surface area contributed by atoms with Crippen LogP contribution < -0.4 is 10.1 Å². The number of hydrogen-bond donors (Lipinski definition) is 1. The molecule has 0 aliphatic rings. The third-order valence-electron chi connectivity index (χ3n) is 4.69. The summed E-state index contributed by atoms with van der Waals surface area (Å²) in [6, 6.07) is 13.5. The highest BCUT2D eigenvalue weighted by Crippen LogP contribution is 2.30. The Bertz CT molecular complexity index is 1340. The first-order valence-electron chi connectivity index (χ1n) is 9.26. The standard InChI is InChI=1S/C22H14F3N3O4/c23-15-3-5-17(6-4-15)26-22(29)32-21-10-14-9-18(28(30)31)7-8-20(14)27(21)12-13-1-2-16(24)11-19(13)25/h1-11H,12H2,(H,26,29). The number of carbonyl (C=O) groups is 1. The number of ether oxygens (including phenoxy) is 1. The number of nitrogens with zero attached hydrogens (tertiary/aromatic N) is 2. The Kier molecular flexibility index (Phi) is 5.50. The van der Waals surface area contributed by atoms with Crippen molar-refractivity contribution >= 4 is 28.4 Å². The number of non-ortho nitro benzene ring substituents is 1. The highest BCUT2D eigenvalue weighted by Gasteiger charge is 2.18. The Morgan fingerprint density at radius 1 is 0.969 bits per heavy atom. The average molecular weight is 441 g/mol. The van der Waals surface area contributed by atoms with Crippen molar-refractivity contribution in [2.75, 3.05) is 5.32 Å². The molecule has 4 rings (SSSR count). The Morgan fingerprint density at radius 2 is 1.69 bits per heavy atom. The first kappa shape index (κ1) is 20.9. The van der Waals surface area contributed by atoms with Gasteiger partial charge in [-0.1, -0.05) is 6.07 Å². The third kappa shape index (κ3) is 4.38. The molecule has 0 radical (unpaired) electrons. The molecule has 10 heteroatoms. The Morgan fingerprint density at radius 3 is 2.38 bits per heavy atom. The number of nitro groups is 1. The van der Waals surface area contributed by atoms with Crippen LogP contribution in [0.2, 0.25) is 0 Å². The molecule has 7 nitrogen and oxygen atoms in total. The zero-order chi connectivity index (χ0) is 22.8. The number of anilines is 1. The molecular formula is C22H14F3N3O4. The number of carbonyl (C=O) groups excluding carboxylic acids is 1. The first-order chi connectivity index (χ1) is 15.3. The minimum Gasteiger partial charge on any atom is -0.393 e. The number of nitro benzene ring substituents is 1. The molecule has 3 aromatic carbocycles. The molecule has 0 aliphatic heterocycles. The van der Waals surface area contributed by atoms with E-state index < -0.39 is 28.5 Å². The van der Waals surface area contributed by atoms with Crippen LogP contribution in [-0.4, -0.2) is 15.6 Å². The summed E-state index contributed by atoms with van der Waals surface area (Å²) in [7, 11) is 0. The number of benzene rings is 3. The molecule has 1 amide bonds. The molecule has 0 spiro atoms. The van der Waals surface area contributed by atoms with E-state index in [1.807, 2.05) is 0 Å². The maximum Gasteiger partial charge on any atom is 0.418 e. The molecule has 162 valence electrons. The predicted octanol–water partition coefficient (Wildman–Crippen LogP) is 5.63. The summed E-state index contributed by atoms with van der Waals surface area (Å²) in [5.74, 6) is -2.04. The van der Waals surface area contributed by atoms with Crippen molar-refractivity contribution in [1.29, 1.82) is 0 Å². The van der Waals surface area contributed by atoms with E-state index in [1.165, 1.54) is 47.0 Å². The van der Waals surface area contributed by atoms with E-state index in [0.717, 1.165) is 24.3 Å². The number of hydrogen-bond acceptors (Lipinski definition) is 4. The fraction of sp³-hybridized carbons (Fsp3) is 0.0455. The van der Waals surface area contributed by atoms with E-state index in [-0.39, 0.29) is 29.4 Å². The van der Waals surface area contributed by atoms with Crippen molar-refractivity contribution in [3.63, 3.8) is 0 Å². The third-order valence-corrected chi connectivity index (χ3v) is 4.69. The second-order valence-electron chi connectivity index (χ2n) is 6.83. The van der Waals surface area contributed by atoms with Crippen LogP contribution in [-0.2, 0) is 6.54 Å². The van der Waals surface area contributed by atoms with Crippen molar-refractivity contribution < 1.29 is 27.6 Å². The normalized spacial score (nSPS) is 10.8. The van der Waals surface area contributed by atoms with E-state index in [2.05, 4.69) is 5.32 Å². The van der Waals surface area contributed by atoms with Crippen molar-refractivity contribution in [3.8, 4) is 5.88 Å². The van der Waals surface area contributed by atoms with Gasteiger partial charge in [0.25, 0.3) is 5.69 Å². The number of aromatic nitrogens is 1. The van der Waals surface area contributed by atoms with Gasteiger partial charge in [0.05, 0.1) is 17.0 Å². The molecular weight excluding hydrogens is 427 g/mol. The van der Waals surface area contributed by atoms with Gasteiger partial charge in [0.2, 0.25) is 5.88 Å². The van der Waals surface area contributed by atoms with Crippen LogP contribution in [0, 0.1) is 27.6 Å². The summed E-state index contributed by atoms with van der Waals surface area (Å²) in [6.07, 6.45) is -0.908. The van der Waals surface area contributed by atoms with Crippen molar-refractivity contribution in [2.45, 2.75) is 6.54 Å². The predicted molar refractivity (Wildman–Crippen MR) is 110 cm³/mol. The molecule has 4 aromatic rings. The van der Waals surface area contributed by atoms with Gasteiger partial charge in [-0.15, -0.1) is 0 Å². The van der Waals surface area contributed by atoms with Crippen LogP contribution >= 0.6 is 0 Å². The lowest BCUT2D eigenvalue weighted by molar-refractivity contribution is -0.384. The molecule has 0 bridgehead atoms. The van der Waals surface area contributed by atoms with E-state index >= 15 is 0 Å². The van der Waals surface area contributed by atoms with Crippen molar-refractivity contribution in [2.24, 2.45) is 0 Å². The molecule has 32 heavy (non-hydrogen) atoms. The van der Waals surface area contributed by atoms with E-state index in [0.29, 0.717) is 10.9 Å². The van der Waals surface area contributed by atoms with Crippen LogP contribution in [0.1, 0.15) is 5.56 Å². The molecule has 0 atom stereocenters. The molecule has 1 N–H and O–H groups in total. The highest BCUT2D eigenvalue weighted by molar-refractivity contribution is 5.89. The molecule has 0 fully saturated rings. The largest absolute Gasteiger partial charge is 0.418 e. The van der Waals surface area contributed by atoms with Crippen LogP contribution in [0.15, 0.2) is 66.7 Å². The summed E-state index contributed by atoms with van der Waals surface area (Å²) < 4.78 is 47.3. The number of amides is 1. The van der Waals surface area contributed by atoms with E-state index in [1.54, 1.807) is 0 Å². The van der Waals surface area contributed by atoms with Crippen LogP contribution in [0.4, 0.5) is 29.3 Å². The minimum absolute atomic E-state index is 0.0242. The number of nitrogens with one attached hydrogen (secondary N) is 1. The second-order valence-corrected chi connectivity index (χ2v) is 6.83. The Balaban J connectivity index is 1.70. The fourth-order valence-electron chi connectivity index (χ4n) is 3.19. The average Bonchev–Trinajstić information content (AvgIpc) is 3.07. The Labute approximate surface area is 178 Å². The number of fused-ring (bicyclic) bond motifs is 1. The molecule has 0 aliphatic carbocycles. The van der Waals surface area contributed by atoms with Crippen LogP contribution in [0.5, 0.6) is 5.88 Å². The monoisotopic (exact) mass is 441 g/mol. The molecule has 1 aromatic heterocycles. The first-order valence-corrected chi connectivity index (χ1v) is 9.26. The van der Waals surface area contributed by atoms with Crippen LogP contribution in [0.25, 0.3) is 10.9 Å². The quantitative estimate of drug-likeness (QED) is 0.321. The molecule has 0 saturated carbocycles. The lowest BCUT2D eigenvalue weighted by atomic mass is 10.2. The van der Waals surface area contributed by atoms with E-state index in [4.69, 9.17) is 4.74 Å². The summed E-state index contributed by atoms with van der Waals surface area (Å²) in [5, 5.41) is 13.9. The molecule has 1 heterocycles. The number of halogens is 3. The Hall–Kier alpha value is -4.34. The van der Waals surface area contributed by atoms with Gasteiger partial charge in [-0.3, -0.25) is 15.4 Å². The summed E-state index contributed by atoms with van der Waals surface area (Å²) >= 11 is 0. The molecule has 0 saturated heterocycles. The lowest BCUT2D eigenvalue weighted by Gasteiger charge is -2.12. The van der Waals surface area contributed by atoms with Gasteiger partial charge >= 0.3 is 6.09 Å². The van der Waals surface area contributed by atoms with E-state index in [9.17, 15) is 28.1 Å². The van der Waals surface area contributed by atoms with Crippen LogP contribution in [0.3, 0.4) is 0 Å². The zero-order valence-corrected chi connectivity index (χ0v) is 16.2. The summed E-state index contributed by atoms with van der Waals surface area (Å²) in [5.41, 5.74) is 0.652. The summed E-state index contributed by atoms with van der Waals surface area (Å²) in [4.78, 5) is 22.9. The smallest absolute Gasteiger partial charge is 0.393 e. The van der Waals surface area contributed by atoms with Gasteiger partial charge in [0.15, 0.2) is 0 Å². The van der Waals surface area contributed by atoms with Gasteiger partial charge in [-0.05, 0) is 36.4 Å². The number of rotatable bonds is 5. The topological polar surface area (TPSA) is 86.4 Å². The van der Waals surface area contributed by atoms with Crippen molar-refractivity contribution in [3.05, 3.63) is 99.9 Å². The summed E-state index contributed by atoms with van der Waals surface area (Å²) in [6.45, 7) is -0.132. The maximum absolute atomic E-state index is 14.2. The second kappa shape index (κ2) is 8.42. The SMILES string of the molecule is O=C(Nc1ccc(F)cc1)Oc1cc2cc([N+](=O)[O-])ccc2n1Cc1ccc(F)cc1F. The zero-order valence-electron chi connectivity index (χ0n) is 16.2. The lowest BCUT2D eigenvalue weighted by Crippen LogP contribution is -2.18. The van der Waals surface area contributed by atoms with Gasteiger partial charge in [0, 0.05) is 40.9 Å². The van der Waals surface area contributed by atoms with Gasteiger partial charge < -0.3 is 9.30 Å². The van der Waals surface area contributed by atoms with Gasteiger partial charge in [-0.2, -0.15) is 0 Å². The fourth-order valence-corrected chi connectivity index (χ4v) is 3.19. The highest BCUT2D eigenvalue weighted by atomic mass is 19.1. The van der Waals surface area contributed by atoms with Gasteiger partial charge in [0.1, 0.15) is 17.5 Å².